The molecule has 2 fully saturated rings. The Kier molecular flexibility index (Phi) is 4.43. The zero-order valence-electron chi connectivity index (χ0n) is 11.1. The summed E-state index contributed by atoms with van der Waals surface area (Å²) in [4.78, 5) is 12.0. The van der Waals surface area contributed by atoms with Gasteiger partial charge < -0.3 is 10.1 Å². The fourth-order valence-corrected chi connectivity index (χ4v) is 2.95. The highest BCUT2D eigenvalue weighted by Gasteiger charge is 2.29. The summed E-state index contributed by atoms with van der Waals surface area (Å²) in [6.45, 7) is 5.37. The average molecular weight is 239 g/mol. The van der Waals surface area contributed by atoms with Crippen molar-refractivity contribution in [3.63, 3.8) is 0 Å². The van der Waals surface area contributed by atoms with E-state index >= 15 is 0 Å². The van der Waals surface area contributed by atoms with E-state index < -0.39 is 0 Å². The van der Waals surface area contributed by atoms with Crippen molar-refractivity contribution in [2.45, 2.75) is 64.5 Å². The van der Waals surface area contributed by atoms with Crippen LogP contribution in [0, 0.1) is 11.8 Å². The third kappa shape index (κ3) is 3.70. The Balaban J connectivity index is 1.76. The second kappa shape index (κ2) is 5.85. The lowest BCUT2D eigenvalue weighted by molar-refractivity contribution is -0.157. The van der Waals surface area contributed by atoms with Gasteiger partial charge in [-0.3, -0.25) is 4.79 Å². The highest BCUT2D eigenvalue weighted by Crippen LogP contribution is 2.27. The largest absolute Gasteiger partial charge is 0.462 e. The number of hydrogen-bond donors (Lipinski definition) is 1. The minimum Gasteiger partial charge on any atom is -0.462 e. The summed E-state index contributed by atoms with van der Waals surface area (Å²) in [5.74, 6) is 0.993. The van der Waals surface area contributed by atoms with Crippen LogP contribution in [0.25, 0.3) is 0 Å². The summed E-state index contributed by atoms with van der Waals surface area (Å²) in [6, 6.07) is 0.452. The van der Waals surface area contributed by atoms with E-state index in [0.29, 0.717) is 6.04 Å². The fraction of sp³-hybridized carbons (Fsp3) is 0.929. The molecule has 3 heteroatoms. The predicted octanol–water partition coefficient (Wildman–Crippen LogP) is 2.50. The zero-order chi connectivity index (χ0) is 12.3. The van der Waals surface area contributed by atoms with Gasteiger partial charge in [-0.1, -0.05) is 6.92 Å². The van der Waals surface area contributed by atoms with E-state index in [4.69, 9.17) is 4.74 Å². The average Bonchev–Trinajstić information content (AvgIpc) is 2.32. The van der Waals surface area contributed by atoms with Crippen LogP contribution in [0.3, 0.4) is 0 Å². The summed E-state index contributed by atoms with van der Waals surface area (Å²) in [5.41, 5.74) is 0. The molecule has 1 N–H and O–H groups in total. The van der Waals surface area contributed by atoms with Crippen LogP contribution in [-0.4, -0.2) is 24.7 Å². The van der Waals surface area contributed by atoms with Gasteiger partial charge in [0.1, 0.15) is 6.10 Å². The molecule has 0 amide bonds. The number of carbonyl (C=O) groups is 1. The van der Waals surface area contributed by atoms with E-state index in [1.165, 1.54) is 12.8 Å². The molecular weight excluding hydrogens is 214 g/mol. The molecule has 1 heterocycles. The van der Waals surface area contributed by atoms with Crippen molar-refractivity contribution in [1.29, 1.82) is 0 Å². The van der Waals surface area contributed by atoms with E-state index in [1.54, 1.807) is 0 Å². The van der Waals surface area contributed by atoms with Gasteiger partial charge in [0.05, 0.1) is 5.92 Å². The standard InChI is InChI=1S/C14H25NO2/c1-10-3-5-13(6-4-10)17-14(16)12-7-8-15-11(2)9-12/h10-13,15H,3-9H2,1-2H3. The van der Waals surface area contributed by atoms with Gasteiger partial charge in [0, 0.05) is 6.04 Å². The molecular formula is C14H25NO2. The van der Waals surface area contributed by atoms with Crippen molar-refractivity contribution in [1.82, 2.24) is 5.32 Å². The number of piperidine rings is 1. The van der Waals surface area contributed by atoms with Crippen LogP contribution in [0.2, 0.25) is 0 Å². The molecule has 2 unspecified atom stereocenters. The molecule has 2 rings (SSSR count). The first-order chi connectivity index (χ1) is 8.15. The van der Waals surface area contributed by atoms with E-state index in [0.717, 1.165) is 38.1 Å². The predicted molar refractivity (Wildman–Crippen MR) is 67.7 cm³/mol. The second-order valence-corrected chi connectivity index (χ2v) is 5.90. The number of esters is 1. The summed E-state index contributed by atoms with van der Waals surface area (Å²) in [6.07, 6.45) is 6.61. The van der Waals surface area contributed by atoms with Crippen LogP contribution in [-0.2, 0) is 9.53 Å². The topological polar surface area (TPSA) is 38.3 Å². The van der Waals surface area contributed by atoms with Gasteiger partial charge in [0.2, 0.25) is 0 Å². The number of rotatable bonds is 2. The third-order valence-electron chi connectivity index (χ3n) is 4.20. The van der Waals surface area contributed by atoms with Crippen molar-refractivity contribution in [2.24, 2.45) is 11.8 Å². The van der Waals surface area contributed by atoms with Crippen LogP contribution in [0.1, 0.15) is 52.4 Å². The first-order valence-electron chi connectivity index (χ1n) is 7.09. The molecule has 0 aromatic heterocycles. The molecule has 98 valence electrons. The number of nitrogens with one attached hydrogen (secondary N) is 1. The lowest BCUT2D eigenvalue weighted by Gasteiger charge is -2.30. The van der Waals surface area contributed by atoms with Gasteiger partial charge in [-0.15, -0.1) is 0 Å². The van der Waals surface area contributed by atoms with Crippen LogP contribution in [0.4, 0.5) is 0 Å². The minimum atomic E-state index is 0.0536. The van der Waals surface area contributed by atoms with Gasteiger partial charge in [-0.2, -0.15) is 0 Å². The van der Waals surface area contributed by atoms with Crippen LogP contribution < -0.4 is 5.32 Å². The maximum Gasteiger partial charge on any atom is 0.309 e. The summed E-state index contributed by atoms with van der Waals surface area (Å²) < 4.78 is 5.66. The monoisotopic (exact) mass is 239 g/mol. The first-order valence-corrected chi connectivity index (χ1v) is 7.09. The quantitative estimate of drug-likeness (QED) is 0.752. The number of carbonyl (C=O) groups excluding carboxylic acids is 1. The Bertz CT molecular complexity index is 259. The molecule has 0 aromatic rings. The number of hydrogen-bond acceptors (Lipinski definition) is 3. The summed E-state index contributed by atoms with van der Waals surface area (Å²) in [5, 5.41) is 3.37. The van der Waals surface area contributed by atoms with Crippen molar-refractivity contribution >= 4 is 5.97 Å². The fourth-order valence-electron chi connectivity index (χ4n) is 2.95. The van der Waals surface area contributed by atoms with Crippen molar-refractivity contribution in [3.05, 3.63) is 0 Å². The van der Waals surface area contributed by atoms with E-state index in [-0.39, 0.29) is 18.0 Å². The Morgan fingerprint density at radius 1 is 1.12 bits per heavy atom. The molecule has 1 aliphatic carbocycles. The summed E-state index contributed by atoms with van der Waals surface area (Å²) >= 11 is 0. The van der Waals surface area contributed by atoms with Crippen molar-refractivity contribution < 1.29 is 9.53 Å². The Morgan fingerprint density at radius 2 is 1.82 bits per heavy atom. The van der Waals surface area contributed by atoms with Gasteiger partial charge in [0.15, 0.2) is 0 Å². The van der Waals surface area contributed by atoms with Crippen LogP contribution in [0.15, 0.2) is 0 Å². The molecule has 1 aliphatic heterocycles. The number of ether oxygens (including phenoxy) is 1. The lowest BCUT2D eigenvalue weighted by atomic mass is 9.88. The Morgan fingerprint density at radius 3 is 2.47 bits per heavy atom. The van der Waals surface area contributed by atoms with Crippen molar-refractivity contribution in [3.8, 4) is 0 Å². The molecule has 0 radical (unpaired) electrons. The maximum atomic E-state index is 12.0. The molecule has 0 bridgehead atoms. The van der Waals surface area contributed by atoms with Gasteiger partial charge in [-0.05, 0) is 57.9 Å². The van der Waals surface area contributed by atoms with Gasteiger partial charge in [-0.25, -0.2) is 0 Å². The molecule has 17 heavy (non-hydrogen) atoms. The van der Waals surface area contributed by atoms with Crippen LogP contribution >= 0.6 is 0 Å². The smallest absolute Gasteiger partial charge is 0.309 e. The first kappa shape index (κ1) is 12.9. The van der Waals surface area contributed by atoms with E-state index in [2.05, 4.69) is 19.2 Å². The second-order valence-electron chi connectivity index (χ2n) is 5.90. The molecule has 2 aliphatic rings. The maximum absolute atomic E-state index is 12.0. The molecule has 0 spiro atoms. The van der Waals surface area contributed by atoms with E-state index in [1.807, 2.05) is 0 Å². The Hall–Kier alpha value is -0.570. The minimum absolute atomic E-state index is 0.0536. The summed E-state index contributed by atoms with van der Waals surface area (Å²) in [7, 11) is 0. The van der Waals surface area contributed by atoms with Gasteiger partial charge in [0.25, 0.3) is 0 Å². The molecule has 1 saturated carbocycles. The Labute approximate surface area is 104 Å². The molecule has 3 nitrogen and oxygen atoms in total. The highest BCUT2D eigenvalue weighted by molar-refractivity contribution is 5.72. The third-order valence-corrected chi connectivity index (χ3v) is 4.20. The lowest BCUT2D eigenvalue weighted by Crippen LogP contribution is -2.40. The molecule has 2 atom stereocenters. The SMILES string of the molecule is CC1CCC(OC(=O)C2CCNC(C)C2)CC1. The van der Waals surface area contributed by atoms with Crippen LogP contribution in [0.5, 0.6) is 0 Å². The van der Waals surface area contributed by atoms with Crippen molar-refractivity contribution in [2.75, 3.05) is 6.54 Å². The molecule has 1 saturated heterocycles. The van der Waals surface area contributed by atoms with Gasteiger partial charge >= 0.3 is 5.97 Å². The van der Waals surface area contributed by atoms with E-state index in [9.17, 15) is 4.79 Å². The molecule has 0 aromatic carbocycles. The zero-order valence-corrected chi connectivity index (χ0v) is 11.1. The highest BCUT2D eigenvalue weighted by atomic mass is 16.5. The normalized spacial score (nSPS) is 38.7.